The fourth-order valence-electron chi connectivity index (χ4n) is 3.57. The molecule has 5 aromatic rings. The van der Waals surface area contributed by atoms with Crippen molar-refractivity contribution in [3.63, 3.8) is 0 Å². The number of anilines is 1. The van der Waals surface area contributed by atoms with Crippen LogP contribution in [0.3, 0.4) is 0 Å². The average molecular weight is 584 g/mol. The largest absolute Gasteiger partial charge is 0.309 e. The maximum atomic E-state index is 12.8. The highest BCUT2D eigenvalue weighted by molar-refractivity contribution is 9.10. The van der Waals surface area contributed by atoms with Crippen molar-refractivity contribution in [2.45, 2.75) is 12.2 Å². The standard InChI is InChI=1S/C25H19BrN4O2S3/c26-19-9-5-4-8-16(19)10-17-11-35-25(27-17)30-21(31)14-33-13-20-28-23(32)22-18(12-34-24(22)29-20)15-6-2-1-3-7-15/h1-9,11-12H,10,13-14H2,(H,27,30,31)(H,28,29,32). The number of thioether (sulfide) groups is 1. The van der Waals surface area contributed by atoms with Crippen molar-refractivity contribution in [2.75, 3.05) is 11.1 Å². The molecule has 176 valence electrons. The van der Waals surface area contributed by atoms with Gasteiger partial charge < -0.3 is 10.3 Å². The highest BCUT2D eigenvalue weighted by atomic mass is 79.9. The van der Waals surface area contributed by atoms with Gasteiger partial charge in [-0.25, -0.2) is 9.97 Å². The van der Waals surface area contributed by atoms with Gasteiger partial charge >= 0.3 is 0 Å². The quantitative estimate of drug-likeness (QED) is 0.223. The highest BCUT2D eigenvalue weighted by Crippen LogP contribution is 2.30. The Hall–Kier alpha value is -2.79. The first-order chi connectivity index (χ1) is 17.1. The van der Waals surface area contributed by atoms with E-state index in [1.807, 2.05) is 65.4 Å². The Morgan fingerprint density at radius 3 is 2.66 bits per heavy atom. The topological polar surface area (TPSA) is 87.7 Å². The van der Waals surface area contributed by atoms with Gasteiger partial charge in [-0.3, -0.25) is 9.59 Å². The fourth-order valence-corrected chi connectivity index (χ4v) is 6.38. The van der Waals surface area contributed by atoms with Gasteiger partial charge in [-0.05, 0) is 17.2 Å². The number of thiazole rings is 1. The number of fused-ring (bicyclic) bond motifs is 1. The number of aromatic amines is 1. The third-order valence-corrected chi connectivity index (χ3v) is 8.57. The van der Waals surface area contributed by atoms with Crippen LogP contribution >= 0.6 is 50.4 Å². The van der Waals surface area contributed by atoms with Gasteiger partial charge in [0, 0.05) is 27.2 Å². The van der Waals surface area contributed by atoms with Crippen LogP contribution in [0.25, 0.3) is 21.3 Å². The second-order valence-corrected chi connectivity index (χ2v) is 11.2. The molecule has 0 saturated carbocycles. The van der Waals surface area contributed by atoms with Crippen LogP contribution in [0.4, 0.5) is 5.13 Å². The minimum absolute atomic E-state index is 0.136. The lowest BCUT2D eigenvalue weighted by atomic mass is 10.1. The van der Waals surface area contributed by atoms with E-state index in [1.54, 1.807) is 0 Å². The number of nitrogens with one attached hydrogen (secondary N) is 2. The Labute approximate surface area is 222 Å². The van der Waals surface area contributed by atoms with Crippen LogP contribution in [-0.4, -0.2) is 26.6 Å². The molecule has 35 heavy (non-hydrogen) atoms. The number of hydrogen-bond donors (Lipinski definition) is 2. The Balaban J connectivity index is 1.17. The van der Waals surface area contributed by atoms with Crippen molar-refractivity contribution in [3.05, 3.63) is 97.3 Å². The molecular weight excluding hydrogens is 564 g/mol. The van der Waals surface area contributed by atoms with E-state index in [9.17, 15) is 9.59 Å². The predicted molar refractivity (Wildman–Crippen MR) is 150 cm³/mol. The molecule has 10 heteroatoms. The highest BCUT2D eigenvalue weighted by Gasteiger charge is 2.14. The van der Waals surface area contributed by atoms with Crippen LogP contribution in [0.1, 0.15) is 17.1 Å². The first-order valence-electron chi connectivity index (χ1n) is 10.7. The number of amides is 1. The van der Waals surface area contributed by atoms with Crippen LogP contribution in [0, 0.1) is 0 Å². The Kier molecular flexibility index (Phi) is 7.43. The lowest BCUT2D eigenvalue weighted by Crippen LogP contribution is -2.15. The molecule has 6 nitrogen and oxygen atoms in total. The van der Waals surface area contributed by atoms with E-state index in [2.05, 4.69) is 36.2 Å². The van der Waals surface area contributed by atoms with E-state index < -0.39 is 0 Å². The van der Waals surface area contributed by atoms with Crippen molar-refractivity contribution in [1.82, 2.24) is 15.0 Å². The van der Waals surface area contributed by atoms with E-state index in [0.717, 1.165) is 26.9 Å². The average Bonchev–Trinajstić information content (AvgIpc) is 3.48. The molecule has 0 radical (unpaired) electrons. The Morgan fingerprint density at radius 2 is 1.83 bits per heavy atom. The first kappa shape index (κ1) is 23.9. The molecular formula is C25H19BrN4O2S3. The molecule has 1 amide bonds. The monoisotopic (exact) mass is 582 g/mol. The summed E-state index contributed by atoms with van der Waals surface area (Å²) in [5.41, 5.74) is 3.78. The van der Waals surface area contributed by atoms with Gasteiger partial charge in [0.2, 0.25) is 5.91 Å². The zero-order valence-corrected chi connectivity index (χ0v) is 22.3. The molecule has 2 aromatic carbocycles. The SMILES string of the molecule is O=C(CSCc1nc2scc(-c3ccccc3)c2c(=O)[nH]1)Nc1nc(Cc2ccccc2Br)cs1. The maximum Gasteiger partial charge on any atom is 0.260 e. The van der Waals surface area contributed by atoms with Crippen LogP contribution in [0.2, 0.25) is 0 Å². The predicted octanol–water partition coefficient (Wildman–Crippen LogP) is 6.33. The molecule has 0 spiro atoms. The van der Waals surface area contributed by atoms with E-state index in [-0.39, 0.29) is 17.2 Å². The van der Waals surface area contributed by atoms with Crippen LogP contribution in [-0.2, 0) is 17.0 Å². The summed E-state index contributed by atoms with van der Waals surface area (Å²) in [5.74, 6) is 1.09. The smallest absolute Gasteiger partial charge is 0.260 e. The minimum atomic E-state index is -0.157. The molecule has 0 bridgehead atoms. The van der Waals surface area contributed by atoms with Crippen molar-refractivity contribution in [3.8, 4) is 11.1 Å². The number of carbonyl (C=O) groups is 1. The maximum absolute atomic E-state index is 12.8. The summed E-state index contributed by atoms with van der Waals surface area (Å²) < 4.78 is 1.04. The van der Waals surface area contributed by atoms with Gasteiger partial charge in [0.05, 0.1) is 22.6 Å². The number of carbonyl (C=O) groups excluding carboxylic acids is 1. The molecule has 2 N–H and O–H groups in total. The van der Waals surface area contributed by atoms with Gasteiger partial charge in [0.15, 0.2) is 5.13 Å². The summed E-state index contributed by atoms with van der Waals surface area (Å²) in [4.78, 5) is 37.9. The summed E-state index contributed by atoms with van der Waals surface area (Å²) >= 11 is 7.81. The summed E-state index contributed by atoms with van der Waals surface area (Å²) in [7, 11) is 0. The second-order valence-electron chi connectivity index (χ2n) is 7.66. The number of rotatable bonds is 8. The molecule has 0 atom stereocenters. The Bertz CT molecular complexity index is 1550. The van der Waals surface area contributed by atoms with Crippen molar-refractivity contribution in [2.24, 2.45) is 0 Å². The van der Waals surface area contributed by atoms with Gasteiger partial charge in [-0.1, -0.05) is 64.5 Å². The summed E-state index contributed by atoms with van der Waals surface area (Å²) in [6, 6.07) is 17.8. The summed E-state index contributed by atoms with van der Waals surface area (Å²) in [6.45, 7) is 0. The molecule has 0 saturated heterocycles. The second kappa shape index (κ2) is 10.9. The summed E-state index contributed by atoms with van der Waals surface area (Å²) in [5, 5.41) is 7.96. The van der Waals surface area contributed by atoms with Crippen molar-refractivity contribution >= 4 is 71.6 Å². The molecule has 0 aliphatic rings. The summed E-state index contributed by atoms with van der Waals surface area (Å²) in [6.07, 6.45) is 0.693. The molecule has 3 heterocycles. The molecule has 0 unspecified atom stereocenters. The van der Waals surface area contributed by atoms with Gasteiger partial charge in [-0.15, -0.1) is 34.4 Å². The third-order valence-electron chi connectivity index (χ3n) is 5.18. The number of hydrogen-bond acceptors (Lipinski definition) is 7. The fraction of sp³-hybridized carbons (Fsp3) is 0.120. The molecule has 0 fully saturated rings. The van der Waals surface area contributed by atoms with Gasteiger partial charge in [0.25, 0.3) is 5.56 Å². The third kappa shape index (κ3) is 5.72. The van der Waals surface area contributed by atoms with E-state index in [0.29, 0.717) is 33.3 Å². The number of aromatic nitrogens is 3. The van der Waals surface area contributed by atoms with Crippen LogP contribution < -0.4 is 10.9 Å². The Morgan fingerprint density at radius 1 is 1.03 bits per heavy atom. The molecule has 5 rings (SSSR count). The van der Waals surface area contributed by atoms with Crippen LogP contribution in [0.15, 0.2) is 74.6 Å². The number of benzene rings is 2. The number of H-pyrrole nitrogens is 1. The number of halogens is 1. The van der Waals surface area contributed by atoms with E-state index in [4.69, 9.17) is 0 Å². The lowest BCUT2D eigenvalue weighted by molar-refractivity contribution is -0.113. The minimum Gasteiger partial charge on any atom is -0.309 e. The number of thiophene rings is 1. The van der Waals surface area contributed by atoms with Crippen LogP contribution in [0.5, 0.6) is 0 Å². The molecule has 3 aromatic heterocycles. The zero-order valence-electron chi connectivity index (χ0n) is 18.3. The van der Waals surface area contributed by atoms with E-state index >= 15 is 0 Å². The molecule has 0 aliphatic heterocycles. The van der Waals surface area contributed by atoms with Crippen molar-refractivity contribution in [1.29, 1.82) is 0 Å². The normalized spacial score (nSPS) is 11.1. The first-order valence-corrected chi connectivity index (χ1v) is 14.4. The van der Waals surface area contributed by atoms with Crippen molar-refractivity contribution < 1.29 is 4.79 Å². The van der Waals surface area contributed by atoms with Gasteiger partial charge in [0.1, 0.15) is 10.7 Å². The van der Waals surface area contributed by atoms with E-state index in [1.165, 1.54) is 34.4 Å². The zero-order chi connectivity index (χ0) is 24.2. The number of nitrogens with zero attached hydrogens (tertiary/aromatic N) is 2. The van der Waals surface area contributed by atoms with Gasteiger partial charge in [-0.2, -0.15) is 0 Å². The lowest BCUT2D eigenvalue weighted by Gasteiger charge is -2.04. The molecule has 0 aliphatic carbocycles.